The quantitative estimate of drug-likeness (QED) is 0.639. The van der Waals surface area contributed by atoms with Crippen LogP contribution in [0.25, 0.3) is 0 Å². The number of carboxylic acid groups (broad SMARTS) is 1. The molecule has 162 valence electrons. The summed E-state index contributed by atoms with van der Waals surface area (Å²) >= 11 is 0. The predicted octanol–water partition coefficient (Wildman–Crippen LogP) is 2.24. The molecular formula is C24H27N3O4. The summed E-state index contributed by atoms with van der Waals surface area (Å²) in [6, 6.07) is 19.8. The van der Waals surface area contributed by atoms with Gasteiger partial charge in [0.25, 0.3) is 0 Å². The fourth-order valence-corrected chi connectivity index (χ4v) is 4.31. The third kappa shape index (κ3) is 5.05. The van der Waals surface area contributed by atoms with Gasteiger partial charge < -0.3 is 20.6 Å². The highest BCUT2D eigenvalue weighted by molar-refractivity contribution is 5.90. The lowest BCUT2D eigenvalue weighted by Crippen LogP contribution is -2.42. The molecule has 0 spiro atoms. The molecule has 2 aromatic carbocycles. The van der Waals surface area contributed by atoms with Gasteiger partial charge in [0.05, 0.1) is 11.8 Å². The van der Waals surface area contributed by atoms with Gasteiger partial charge in [-0.1, -0.05) is 60.7 Å². The average molecular weight is 421 g/mol. The van der Waals surface area contributed by atoms with Crippen LogP contribution in [0.2, 0.25) is 0 Å². The number of amides is 3. The van der Waals surface area contributed by atoms with Crippen molar-refractivity contribution in [2.45, 2.75) is 24.8 Å². The fourth-order valence-electron chi connectivity index (χ4n) is 4.31. The number of nitrogens with zero attached hydrogens (tertiary/aromatic N) is 1. The molecule has 2 aromatic rings. The highest BCUT2D eigenvalue weighted by Crippen LogP contribution is 2.41. The van der Waals surface area contributed by atoms with E-state index in [4.69, 9.17) is 0 Å². The zero-order valence-corrected chi connectivity index (χ0v) is 17.2. The minimum Gasteiger partial charge on any atom is -0.465 e. The maximum absolute atomic E-state index is 12.9. The zero-order chi connectivity index (χ0) is 21.8. The van der Waals surface area contributed by atoms with Crippen molar-refractivity contribution in [2.24, 2.45) is 11.8 Å². The van der Waals surface area contributed by atoms with Crippen molar-refractivity contribution < 1.29 is 19.5 Å². The Bertz CT molecular complexity index is 934. The lowest BCUT2D eigenvalue weighted by molar-refractivity contribution is -0.133. The Labute approximate surface area is 181 Å². The van der Waals surface area contributed by atoms with Gasteiger partial charge in [-0.05, 0) is 24.0 Å². The molecule has 3 amide bonds. The monoisotopic (exact) mass is 421 g/mol. The number of hydrogen-bond donors (Lipinski definition) is 3. The van der Waals surface area contributed by atoms with Crippen molar-refractivity contribution in [3.8, 4) is 0 Å². The van der Waals surface area contributed by atoms with Gasteiger partial charge in [0, 0.05) is 31.6 Å². The third-order valence-electron chi connectivity index (χ3n) is 6.17. The normalized spacial score (nSPS) is 24.5. The van der Waals surface area contributed by atoms with Crippen molar-refractivity contribution in [3.05, 3.63) is 71.8 Å². The third-order valence-corrected chi connectivity index (χ3v) is 6.17. The molecule has 0 unspecified atom stereocenters. The molecule has 1 aliphatic heterocycles. The summed E-state index contributed by atoms with van der Waals surface area (Å²) in [6.07, 6.45) is 0.435. The Balaban J connectivity index is 1.34. The maximum Gasteiger partial charge on any atom is 0.407 e. The SMILES string of the molecule is O=C(NCCc1ccccc1)[C@@H]1CN(C(=O)O)C[C@H]1C(=O)N[C@@H]1C[C@H]1c1ccccc1. The Morgan fingerprint density at radius 3 is 2.16 bits per heavy atom. The second-order valence-corrected chi connectivity index (χ2v) is 8.30. The summed E-state index contributed by atoms with van der Waals surface area (Å²) in [5.74, 6) is -1.59. The van der Waals surface area contributed by atoms with E-state index in [9.17, 15) is 19.5 Å². The van der Waals surface area contributed by atoms with Crippen LogP contribution in [-0.2, 0) is 16.0 Å². The topological polar surface area (TPSA) is 98.7 Å². The molecule has 31 heavy (non-hydrogen) atoms. The number of hydrogen-bond acceptors (Lipinski definition) is 3. The van der Waals surface area contributed by atoms with Crippen LogP contribution in [0.15, 0.2) is 60.7 Å². The largest absolute Gasteiger partial charge is 0.465 e. The molecule has 3 N–H and O–H groups in total. The first-order chi connectivity index (χ1) is 15.0. The molecule has 4 rings (SSSR count). The van der Waals surface area contributed by atoms with Crippen molar-refractivity contribution >= 4 is 17.9 Å². The van der Waals surface area contributed by atoms with E-state index in [0.717, 1.165) is 16.9 Å². The van der Waals surface area contributed by atoms with Crippen LogP contribution in [-0.4, -0.2) is 53.6 Å². The molecule has 2 aliphatic rings. The van der Waals surface area contributed by atoms with Gasteiger partial charge in [0.2, 0.25) is 11.8 Å². The summed E-state index contributed by atoms with van der Waals surface area (Å²) in [5.41, 5.74) is 2.29. The Morgan fingerprint density at radius 1 is 0.903 bits per heavy atom. The van der Waals surface area contributed by atoms with Gasteiger partial charge in [-0.2, -0.15) is 0 Å². The highest BCUT2D eigenvalue weighted by Gasteiger charge is 2.46. The zero-order valence-electron chi connectivity index (χ0n) is 17.2. The first kappa shape index (κ1) is 20.9. The molecule has 7 heteroatoms. The van der Waals surface area contributed by atoms with Crippen LogP contribution < -0.4 is 10.6 Å². The van der Waals surface area contributed by atoms with Gasteiger partial charge in [-0.3, -0.25) is 9.59 Å². The lowest BCUT2D eigenvalue weighted by atomic mass is 9.94. The van der Waals surface area contributed by atoms with Crippen molar-refractivity contribution in [1.82, 2.24) is 15.5 Å². The van der Waals surface area contributed by atoms with Crippen LogP contribution in [0.1, 0.15) is 23.5 Å². The van der Waals surface area contributed by atoms with Gasteiger partial charge in [0.1, 0.15) is 0 Å². The molecule has 1 saturated heterocycles. The fraction of sp³-hybridized carbons (Fsp3) is 0.375. The van der Waals surface area contributed by atoms with E-state index in [1.165, 1.54) is 5.56 Å². The van der Waals surface area contributed by atoms with Crippen LogP contribution in [0, 0.1) is 11.8 Å². The second-order valence-electron chi connectivity index (χ2n) is 8.30. The Morgan fingerprint density at radius 2 is 1.52 bits per heavy atom. The van der Waals surface area contributed by atoms with Crippen molar-refractivity contribution in [3.63, 3.8) is 0 Å². The van der Waals surface area contributed by atoms with E-state index in [1.54, 1.807) is 0 Å². The van der Waals surface area contributed by atoms with Crippen molar-refractivity contribution in [2.75, 3.05) is 19.6 Å². The number of carbonyl (C=O) groups is 3. The van der Waals surface area contributed by atoms with Gasteiger partial charge in [0.15, 0.2) is 0 Å². The maximum atomic E-state index is 12.9. The summed E-state index contributed by atoms with van der Waals surface area (Å²) in [5, 5.41) is 15.3. The van der Waals surface area contributed by atoms with Crippen LogP contribution in [0.4, 0.5) is 4.79 Å². The molecule has 7 nitrogen and oxygen atoms in total. The smallest absolute Gasteiger partial charge is 0.407 e. The summed E-state index contributed by atoms with van der Waals surface area (Å²) in [7, 11) is 0. The number of likely N-dealkylation sites (tertiary alicyclic amines) is 1. The molecule has 2 fully saturated rings. The van der Waals surface area contributed by atoms with Gasteiger partial charge in [-0.15, -0.1) is 0 Å². The van der Waals surface area contributed by atoms with E-state index >= 15 is 0 Å². The number of rotatable bonds is 7. The van der Waals surface area contributed by atoms with E-state index < -0.39 is 17.9 Å². The van der Waals surface area contributed by atoms with E-state index in [2.05, 4.69) is 10.6 Å². The first-order valence-electron chi connectivity index (χ1n) is 10.7. The molecule has 4 atom stereocenters. The molecule has 1 saturated carbocycles. The molecule has 0 radical (unpaired) electrons. The number of carbonyl (C=O) groups excluding carboxylic acids is 2. The Kier molecular flexibility index (Phi) is 6.21. The van der Waals surface area contributed by atoms with E-state index in [1.807, 2.05) is 60.7 Å². The van der Waals surface area contributed by atoms with E-state index in [-0.39, 0.29) is 36.9 Å². The van der Waals surface area contributed by atoms with E-state index in [0.29, 0.717) is 13.0 Å². The lowest BCUT2D eigenvalue weighted by Gasteiger charge is -2.17. The molecule has 0 bridgehead atoms. The number of benzene rings is 2. The minimum atomic E-state index is -1.11. The van der Waals surface area contributed by atoms with Gasteiger partial charge in [-0.25, -0.2) is 4.79 Å². The second kappa shape index (κ2) is 9.20. The van der Waals surface area contributed by atoms with Crippen LogP contribution in [0.5, 0.6) is 0 Å². The van der Waals surface area contributed by atoms with Crippen LogP contribution >= 0.6 is 0 Å². The van der Waals surface area contributed by atoms with Gasteiger partial charge >= 0.3 is 6.09 Å². The average Bonchev–Trinajstić information content (AvgIpc) is 3.39. The number of nitrogens with one attached hydrogen (secondary N) is 2. The minimum absolute atomic E-state index is 0.0376. The molecular weight excluding hydrogens is 394 g/mol. The standard InChI is InChI=1S/C24H27N3O4/c28-22(25-12-11-16-7-3-1-4-8-16)19-14-27(24(30)31)15-20(19)23(29)26-21-13-18(21)17-9-5-2-6-10-17/h1-10,18-21H,11-15H2,(H,25,28)(H,26,29)(H,30,31)/t18-,19+,20+,21+/m0/s1. The van der Waals surface area contributed by atoms with Crippen molar-refractivity contribution in [1.29, 1.82) is 0 Å². The molecule has 0 aromatic heterocycles. The Hall–Kier alpha value is -3.35. The highest BCUT2D eigenvalue weighted by atomic mass is 16.4. The first-order valence-corrected chi connectivity index (χ1v) is 10.7. The molecule has 1 aliphatic carbocycles. The predicted molar refractivity (Wildman–Crippen MR) is 115 cm³/mol. The summed E-state index contributed by atoms with van der Waals surface area (Å²) in [4.78, 5) is 38.4. The summed E-state index contributed by atoms with van der Waals surface area (Å²) in [6.45, 7) is 0.525. The van der Waals surface area contributed by atoms with Crippen LogP contribution in [0.3, 0.4) is 0 Å². The molecule has 1 heterocycles. The summed E-state index contributed by atoms with van der Waals surface area (Å²) < 4.78 is 0.